The summed E-state index contributed by atoms with van der Waals surface area (Å²) in [6, 6.07) is 6.12. The van der Waals surface area contributed by atoms with E-state index in [2.05, 4.69) is 11.4 Å². The van der Waals surface area contributed by atoms with Crippen LogP contribution in [0.25, 0.3) is 0 Å². The molecule has 1 aliphatic heterocycles. The van der Waals surface area contributed by atoms with Gasteiger partial charge in [0.1, 0.15) is 17.5 Å². The Bertz CT molecular complexity index is 523. The third kappa shape index (κ3) is 1.82. The van der Waals surface area contributed by atoms with Crippen molar-refractivity contribution in [1.82, 2.24) is 10.2 Å². The molecule has 1 heterocycles. The zero-order valence-electron chi connectivity index (χ0n) is 11.7. The average Bonchev–Trinajstić information content (AvgIpc) is 3.13. The normalized spacial score (nSPS) is 24.1. The van der Waals surface area contributed by atoms with Gasteiger partial charge in [0.05, 0.1) is 7.11 Å². The predicted octanol–water partition coefficient (Wildman–Crippen LogP) is 1.99. The molecule has 1 aromatic rings. The smallest absolute Gasteiger partial charge is 0.244 e. The van der Waals surface area contributed by atoms with Gasteiger partial charge in [-0.15, -0.1) is 0 Å². The van der Waals surface area contributed by atoms with Gasteiger partial charge in [0, 0.05) is 6.54 Å². The molecule has 0 bridgehead atoms. The molecule has 1 atom stereocenters. The quantitative estimate of drug-likeness (QED) is 0.903. The molecule has 2 aliphatic rings. The van der Waals surface area contributed by atoms with Gasteiger partial charge in [-0.3, -0.25) is 10.1 Å². The molecule has 1 N–H and O–H groups in total. The van der Waals surface area contributed by atoms with Crippen molar-refractivity contribution in [2.75, 3.05) is 13.7 Å². The number of amides is 1. The molecule has 0 radical (unpaired) electrons. The van der Waals surface area contributed by atoms with Crippen molar-refractivity contribution in [3.63, 3.8) is 0 Å². The van der Waals surface area contributed by atoms with E-state index in [1.165, 1.54) is 0 Å². The first-order chi connectivity index (χ1) is 9.11. The first-order valence-corrected chi connectivity index (χ1v) is 6.84. The van der Waals surface area contributed by atoms with Crippen LogP contribution in [0.3, 0.4) is 0 Å². The molecule has 1 aromatic carbocycles. The molecule has 1 saturated carbocycles. The monoisotopic (exact) mass is 260 g/mol. The van der Waals surface area contributed by atoms with Crippen LogP contribution < -0.4 is 10.1 Å². The number of benzene rings is 1. The molecule has 1 aliphatic carbocycles. The van der Waals surface area contributed by atoms with Crippen LogP contribution in [-0.4, -0.2) is 30.0 Å². The minimum atomic E-state index is -0.255. The Morgan fingerprint density at radius 1 is 1.47 bits per heavy atom. The number of methoxy groups -OCH3 is 1. The fourth-order valence-electron chi connectivity index (χ4n) is 2.94. The van der Waals surface area contributed by atoms with E-state index in [0.29, 0.717) is 0 Å². The molecule has 19 heavy (non-hydrogen) atoms. The third-order valence-electron chi connectivity index (χ3n) is 4.22. The number of nitrogens with one attached hydrogen (secondary N) is 1. The Labute approximate surface area is 113 Å². The van der Waals surface area contributed by atoms with E-state index in [4.69, 9.17) is 4.74 Å². The molecule has 102 valence electrons. The number of ether oxygens (including phenoxy) is 1. The molecular formula is C15H20N2O2. The van der Waals surface area contributed by atoms with E-state index < -0.39 is 0 Å². The Hall–Kier alpha value is -1.55. The molecule has 2 fully saturated rings. The largest absolute Gasteiger partial charge is 0.496 e. The summed E-state index contributed by atoms with van der Waals surface area (Å²) in [5.74, 6) is 1.14. The second-order valence-corrected chi connectivity index (χ2v) is 5.45. The van der Waals surface area contributed by atoms with Crippen molar-refractivity contribution in [3.8, 4) is 5.75 Å². The summed E-state index contributed by atoms with van der Waals surface area (Å²) in [7, 11) is 1.68. The van der Waals surface area contributed by atoms with Crippen molar-refractivity contribution < 1.29 is 9.53 Å². The minimum Gasteiger partial charge on any atom is -0.496 e. The van der Waals surface area contributed by atoms with Crippen LogP contribution in [0.4, 0.5) is 0 Å². The Kier molecular flexibility index (Phi) is 2.78. The summed E-state index contributed by atoms with van der Waals surface area (Å²) in [6.07, 6.45) is 1.94. The van der Waals surface area contributed by atoms with Crippen LogP contribution in [0.5, 0.6) is 5.75 Å². The second-order valence-electron chi connectivity index (χ2n) is 5.45. The summed E-state index contributed by atoms with van der Waals surface area (Å²) < 4.78 is 5.29. The number of hydrogen-bond acceptors (Lipinski definition) is 3. The zero-order chi connectivity index (χ0) is 13.6. The third-order valence-corrected chi connectivity index (χ3v) is 4.22. The van der Waals surface area contributed by atoms with Crippen molar-refractivity contribution in [2.24, 2.45) is 0 Å². The van der Waals surface area contributed by atoms with E-state index in [0.717, 1.165) is 36.3 Å². The highest BCUT2D eigenvalue weighted by Crippen LogP contribution is 2.46. The van der Waals surface area contributed by atoms with Gasteiger partial charge in [-0.05, 0) is 49.9 Å². The van der Waals surface area contributed by atoms with Gasteiger partial charge in [0.25, 0.3) is 0 Å². The highest BCUT2D eigenvalue weighted by Gasteiger charge is 2.58. The average molecular weight is 260 g/mol. The van der Waals surface area contributed by atoms with Crippen LogP contribution in [-0.2, 0) is 4.79 Å². The summed E-state index contributed by atoms with van der Waals surface area (Å²) in [5, 5.41) is 3.51. The van der Waals surface area contributed by atoms with Crippen molar-refractivity contribution >= 4 is 5.91 Å². The maximum Gasteiger partial charge on any atom is 0.244 e. The molecule has 0 aromatic heterocycles. The molecule has 1 spiro atoms. The maximum atomic E-state index is 12.4. The standard InChI is InChI=1S/C15H20N2O2/c1-4-17-13(16-15(7-8-15)14(17)18)11-5-6-12(19-3)10(2)9-11/h5-6,9,13,16H,4,7-8H2,1-3H3. The van der Waals surface area contributed by atoms with Gasteiger partial charge in [-0.2, -0.15) is 0 Å². The van der Waals surface area contributed by atoms with E-state index in [1.807, 2.05) is 30.9 Å². The number of aryl methyl sites for hydroxylation is 1. The molecule has 1 amide bonds. The molecular weight excluding hydrogens is 240 g/mol. The lowest BCUT2D eigenvalue weighted by Gasteiger charge is -2.23. The lowest BCUT2D eigenvalue weighted by molar-refractivity contribution is -0.130. The number of likely N-dealkylation sites (N-methyl/N-ethyl adjacent to an activating group) is 1. The first-order valence-electron chi connectivity index (χ1n) is 6.84. The van der Waals surface area contributed by atoms with E-state index in [9.17, 15) is 4.79 Å². The van der Waals surface area contributed by atoms with Crippen molar-refractivity contribution in [2.45, 2.75) is 38.4 Å². The van der Waals surface area contributed by atoms with Crippen LogP contribution >= 0.6 is 0 Å². The number of carbonyl (C=O) groups is 1. The topological polar surface area (TPSA) is 41.6 Å². The number of hydrogen-bond donors (Lipinski definition) is 1. The van der Waals surface area contributed by atoms with Crippen molar-refractivity contribution in [3.05, 3.63) is 29.3 Å². The van der Waals surface area contributed by atoms with Gasteiger partial charge in [0.15, 0.2) is 0 Å². The summed E-state index contributed by atoms with van der Waals surface area (Å²) >= 11 is 0. The summed E-state index contributed by atoms with van der Waals surface area (Å²) in [6.45, 7) is 4.80. The number of nitrogens with zero attached hydrogens (tertiary/aromatic N) is 1. The summed E-state index contributed by atoms with van der Waals surface area (Å²) in [5.41, 5.74) is 1.98. The molecule has 1 unspecified atom stereocenters. The van der Waals surface area contributed by atoms with Crippen LogP contribution in [0, 0.1) is 6.92 Å². The minimum absolute atomic E-state index is 0.00426. The number of rotatable bonds is 3. The second kappa shape index (κ2) is 4.23. The lowest BCUT2D eigenvalue weighted by Crippen LogP contribution is -2.32. The highest BCUT2D eigenvalue weighted by molar-refractivity contribution is 5.92. The summed E-state index contributed by atoms with van der Waals surface area (Å²) in [4.78, 5) is 14.3. The molecule has 4 nitrogen and oxygen atoms in total. The zero-order valence-corrected chi connectivity index (χ0v) is 11.7. The van der Waals surface area contributed by atoms with Crippen LogP contribution in [0.15, 0.2) is 18.2 Å². The van der Waals surface area contributed by atoms with E-state index in [-0.39, 0.29) is 17.6 Å². The lowest BCUT2D eigenvalue weighted by atomic mass is 10.1. The van der Waals surface area contributed by atoms with Crippen LogP contribution in [0.2, 0.25) is 0 Å². The fraction of sp³-hybridized carbons (Fsp3) is 0.533. The Balaban J connectivity index is 1.93. The fourth-order valence-corrected chi connectivity index (χ4v) is 2.94. The Morgan fingerprint density at radius 3 is 2.74 bits per heavy atom. The van der Waals surface area contributed by atoms with Gasteiger partial charge in [0.2, 0.25) is 5.91 Å². The van der Waals surface area contributed by atoms with Gasteiger partial charge < -0.3 is 9.64 Å². The van der Waals surface area contributed by atoms with Crippen molar-refractivity contribution in [1.29, 1.82) is 0 Å². The molecule has 4 heteroatoms. The molecule has 1 saturated heterocycles. The van der Waals surface area contributed by atoms with Gasteiger partial charge in [-0.25, -0.2) is 0 Å². The van der Waals surface area contributed by atoms with Gasteiger partial charge in [-0.1, -0.05) is 6.07 Å². The maximum absolute atomic E-state index is 12.4. The molecule has 3 rings (SSSR count). The highest BCUT2D eigenvalue weighted by atomic mass is 16.5. The predicted molar refractivity (Wildman–Crippen MR) is 73.0 cm³/mol. The SMILES string of the molecule is CCN1C(=O)C2(CC2)NC1c1ccc(OC)c(C)c1. The van der Waals surface area contributed by atoms with E-state index in [1.54, 1.807) is 7.11 Å². The number of carbonyl (C=O) groups excluding carboxylic acids is 1. The van der Waals surface area contributed by atoms with Crippen LogP contribution in [0.1, 0.15) is 37.1 Å². The van der Waals surface area contributed by atoms with E-state index >= 15 is 0 Å². The Morgan fingerprint density at radius 2 is 2.21 bits per heavy atom. The first kappa shape index (κ1) is 12.5. The van der Waals surface area contributed by atoms with Gasteiger partial charge >= 0.3 is 0 Å².